The molecule has 1 aromatic carbocycles. The first-order valence-corrected chi connectivity index (χ1v) is 14.8. The lowest BCUT2D eigenvalue weighted by Gasteiger charge is -2.48. The molecule has 45 heavy (non-hydrogen) atoms. The van der Waals surface area contributed by atoms with Gasteiger partial charge in [0.05, 0.1) is 20.3 Å². The van der Waals surface area contributed by atoms with Gasteiger partial charge in [-0.05, 0) is 5.56 Å². The minimum atomic E-state index is -2.30. The van der Waals surface area contributed by atoms with Gasteiger partial charge in [0, 0.05) is 35.4 Å². The SMILES string of the molecule is COC(=O)[C@H]1OC(OC(=N)C(Cl)(Cl)Cl)[C@H](OC(C)=O)[C@@H](OC)[C@@H]1O[C@@H]1O[C@H](COCc2ccccc2)[C@@H](OC)[C@H](OC)[C@H]1OC. The fourth-order valence-electron chi connectivity index (χ4n) is 5.07. The highest BCUT2D eigenvalue weighted by Gasteiger charge is 2.57. The number of carbonyl (C=O) groups excluding carboxylic acids is 2. The summed E-state index contributed by atoms with van der Waals surface area (Å²) in [5, 5.41) is 8.01. The second-order valence-corrected chi connectivity index (χ2v) is 12.2. The van der Waals surface area contributed by atoms with Gasteiger partial charge < -0.3 is 52.1 Å². The Hall–Kier alpha value is -1.82. The van der Waals surface area contributed by atoms with E-state index in [1.807, 2.05) is 30.3 Å². The molecule has 0 amide bonds. The Balaban J connectivity index is 1.94. The van der Waals surface area contributed by atoms with Crippen LogP contribution in [0.3, 0.4) is 0 Å². The third-order valence-corrected chi connectivity index (χ3v) is 7.60. The highest BCUT2D eigenvalue weighted by Crippen LogP contribution is 2.36. The van der Waals surface area contributed by atoms with Gasteiger partial charge in [-0.1, -0.05) is 65.1 Å². The molecule has 1 unspecified atom stereocenters. The van der Waals surface area contributed by atoms with Crippen molar-refractivity contribution < 1.29 is 61.7 Å². The number of carbonyl (C=O) groups is 2. The van der Waals surface area contributed by atoms with E-state index in [0.717, 1.165) is 19.6 Å². The Bertz CT molecular complexity index is 1110. The first kappa shape index (κ1) is 37.6. The van der Waals surface area contributed by atoms with Gasteiger partial charge in [-0.25, -0.2) is 4.79 Å². The van der Waals surface area contributed by atoms with E-state index in [4.69, 9.17) is 92.3 Å². The second-order valence-electron chi connectivity index (χ2n) is 9.91. The van der Waals surface area contributed by atoms with Gasteiger partial charge in [0.15, 0.2) is 18.5 Å². The number of nitrogens with one attached hydrogen (secondary N) is 1. The predicted molar refractivity (Wildman–Crippen MR) is 158 cm³/mol. The average Bonchev–Trinajstić information content (AvgIpc) is 3.01. The van der Waals surface area contributed by atoms with Crippen molar-refractivity contribution in [3.8, 4) is 0 Å². The zero-order valence-electron chi connectivity index (χ0n) is 25.5. The first-order valence-electron chi connectivity index (χ1n) is 13.7. The summed E-state index contributed by atoms with van der Waals surface area (Å²) >= 11 is 17.4. The molecule has 2 fully saturated rings. The van der Waals surface area contributed by atoms with Crippen LogP contribution in [0.4, 0.5) is 0 Å². The number of methoxy groups -OCH3 is 5. The summed E-state index contributed by atoms with van der Waals surface area (Å²) in [5.41, 5.74) is 0.951. The van der Waals surface area contributed by atoms with Crippen LogP contribution >= 0.6 is 34.8 Å². The smallest absolute Gasteiger partial charge is 0.338 e. The number of halogens is 3. The van der Waals surface area contributed by atoms with E-state index in [1.54, 1.807) is 0 Å². The fourth-order valence-corrected chi connectivity index (χ4v) is 5.21. The summed E-state index contributed by atoms with van der Waals surface area (Å²) in [7, 11) is 6.81. The van der Waals surface area contributed by atoms with Crippen molar-refractivity contribution in [2.75, 3.05) is 42.2 Å². The Morgan fingerprint density at radius 1 is 0.800 bits per heavy atom. The van der Waals surface area contributed by atoms with Crippen LogP contribution in [-0.4, -0.2) is 125 Å². The largest absolute Gasteiger partial charge is 0.467 e. The van der Waals surface area contributed by atoms with Crippen molar-refractivity contribution in [3.63, 3.8) is 0 Å². The molecule has 0 saturated carbocycles. The second kappa shape index (κ2) is 17.4. The lowest BCUT2D eigenvalue weighted by molar-refractivity contribution is -0.357. The van der Waals surface area contributed by atoms with Crippen LogP contribution in [0.15, 0.2) is 30.3 Å². The maximum atomic E-state index is 13.0. The molecule has 0 bridgehead atoms. The van der Waals surface area contributed by atoms with E-state index in [0.29, 0.717) is 6.61 Å². The fraction of sp³-hybridized carbons (Fsp3) is 0.679. The van der Waals surface area contributed by atoms with Gasteiger partial charge >= 0.3 is 11.9 Å². The maximum absolute atomic E-state index is 13.0. The molecule has 0 radical (unpaired) electrons. The van der Waals surface area contributed by atoms with Crippen molar-refractivity contribution in [3.05, 3.63) is 35.9 Å². The van der Waals surface area contributed by atoms with E-state index in [2.05, 4.69) is 0 Å². The summed E-state index contributed by atoms with van der Waals surface area (Å²) in [5.74, 6) is -2.55. The molecule has 17 heteroatoms. The Labute approximate surface area is 276 Å². The monoisotopic (exact) mass is 701 g/mol. The molecular weight excluding hydrogens is 665 g/mol. The molecule has 254 valence electrons. The van der Waals surface area contributed by atoms with Crippen molar-refractivity contribution in [2.24, 2.45) is 0 Å². The van der Waals surface area contributed by atoms with Crippen LogP contribution in [0.2, 0.25) is 0 Å². The van der Waals surface area contributed by atoms with E-state index in [-0.39, 0.29) is 6.61 Å². The van der Waals surface area contributed by atoms with E-state index in [9.17, 15) is 9.59 Å². The molecule has 2 aliphatic rings. The number of esters is 2. The third kappa shape index (κ3) is 9.61. The van der Waals surface area contributed by atoms with E-state index in [1.165, 1.54) is 28.4 Å². The van der Waals surface area contributed by atoms with Gasteiger partial charge in [0.1, 0.15) is 36.6 Å². The predicted octanol–water partition coefficient (Wildman–Crippen LogP) is 2.57. The molecule has 0 aromatic heterocycles. The summed E-state index contributed by atoms with van der Waals surface area (Å²) in [4.78, 5) is 25.2. The van der Waals surface area contributed by atoms with Gasteiger partial charge in [-0.2, -0.15) is 0 Å². The van der Waals surface area contributed by atoms with E-state index < -0.39 is 83.0 Å². The Morgan fingerprint density at radius 2 is 1.40 bits per heavy atom. The molecule has 1 aromatic rings. The van der Waals surface area contributed by atoms with Crippen molar-refractivity contribution >= 4 is 52.6 Å². The van der Waals surface area contributed by atoms with Crippen LogP contribution in [0.5, 0.6) is 0 Å². The quantitative estimate of drug-likeness (QED) is 0.138. The highest BCUT2D eigenvalue weighted by molar-refractivity contribution is 6.76. The number of alkyl halides is 3. The normalized spacial score (nSPS) is 32.0. The summed E-state index contributed by atoms with van der Waals surface area (Å²) in [6, 6.07) is 9.55. The van der Waals surface area contributed by atoms with Crippen molar-refractivity contribution in [2.45, 2.75) is 78.7 Å². The Morgan fingerprint density at radius 3 is 1.93 bits per heavy atom. The summed E-state index contributed by atoms with van der Waals surface area (Å²) < 4.78 is 60.8. The molecule has 14 nitrogen and oxygen atoms in total. The number of hydrogen-bond donors (Lipinski definition) is 1. The molecule has 3 rings (SSSR count). The van der Waals surface area contributed by atoms with Crippen LogP contribution in [-0.2, 0) is 68.3 Å². The molecule has 2 aliphatic heterocycles. The number of hydrogen-bond acceptors (Lipinski definition) is 14. The Kier molecular flexibility index (Phi) is 14.5. The van der Waals surface area contributed by atoms with Crippen LogP contribution < -0.4 is 0 Å². The standard InChI is InChI=1S/C28H38Cl3NO13/c1-14(33)41-23-19(37-4)20(21(24(34)39-6)44-26(23)45-27(32)28(29,30)31)43-25-22(38-5)18(36-3)17(35-2)16(42-25)13-40-12-15-10-8-7-9-11-15/h7-11,16-23,25-26,32H,12-13H2,1-6H3/t16-,17-,18+,19+,20+,21+,22-,23-,25+,26?/m1/s1. The van der Waals surface area contributed by atoms with E-state index >= 15 is 0 Å². The zero-order valence-corrected chi connectivity index (χ0v) is 27.8. The van der Waals surface area contributed by atoms with Crippen LogP contribution in [0, 0.1) is 5.41 Å². The van der Waals surface area contributed by atoms with Crippen molar-refractivity contribution in [1.29, 1.82) is 5.41 Å². The topological polar surface area (TPSA) is 160 Å². The zero-order chi connectivity index (χ0) is 33.3. The number of rotatable bonds is 13. The molecule has 10 atom stereocenters. The molecule has 2 saturated heterocycles. The van der Waals surface area contributed by atoms with Gasteiger partial charge in [-0.15, -0.1) is 0 Å². The number of benzene rings is 1. The minimum Gasteiger partial charge on any atom is -0.467 e. The van der Waals surface area contributed by atoms with Crippen molar-refractivity contribution in [1.82, 2.24) is 0 Å². The lowest BCUT2D eigenvalue weighted by Crippen LogP contribution is -2.67. The van der Waals surface area contributed by atoms with Gasteiger partial charge in [0.2, 0.25) is 12.2 Å². The average molecular weight is 703 g/mol. The minimum absolute atomic E-state index is 0.0734. The molecule has 1 N–H and O–H groups in total. The number of ether oxygens (including phenoxy) is 11. The van der Waals surface area contributed by atoms with Gasteiger partial charge in [0.25, 0.3) is 3.79 Å². The molecule has 0 aliphatic carbocycles. The van der Waals surface area contributed by atoms with Crippen LogP contribution in [0.1, 0.15) is 12.5 Å². The first-order chi connectivity index (χ1) is 21.4. The maximum Gasteiger partial charge on any atom is 0.338 e. The molecular formula is C28H38Cl3NO13. The summed E-state index contributed by atoms with van der Waals surface area (Å²) in [6.45, 7) is 1.50. The highest BCUT2D eigenvalue weighted by atomic mass is 35.6. The van der Waals surface area contributed by atoms with Gasteiger partial charge in [-0.3, -0.25) is 10.2 Å². The molecule has 2 heterocycles. The summed E-state index contributed by atoms with van der Waals surface area (Å²) in [6.07, 6.45) is -11.5. The van der Waals surface area contributed by atoms with Crippen LogP contribution in [0.25, 0.3) is 0 Å². The lowest BCUT2D eigenvalue weighted by atomic mass is 9.96. The third-order valence-electron chi connectivity index (χ3n) is 7.09. The molecule has 0 spiro atoms.